The zero-order chi connectivity index (χ0) is 27.2. The van der Waals surface area contributed by atoms with Crippen LogP contribution in [-0.4, -0.2) is 26.4 Å². The average molecular weight is 513 g/mol. The molecule has 38 heavy (non-hydrogen) atoms. The zero-order valence-electron chi connectivity index (χ0n) is 20.1. The fourth-order valence-corrected chi connectivity index (χ4v) is 4.35. The molecule has 3 aromatic carbocycles. The molecule has 1 aromatic heterocycles. The van der Waals surface area contributed by atoms with E-state index in [9.17, 15) is 29.8 Å². The van der Waals surface area contributed by atoms with Crippen LogP contribution in [0.1, 0.15) is 29.8 Å². The Morgan fingerprint density at radius 1 is 0.947 bits per heavy atom. The Morgan fingerprint density at radius 3 is 2.29 bits per heavy atom. The number of nitro groups is 2. The molecule has 4 aromatic rings. The van der Waals surface area contributed by atoms with Gasteiger partial charge in [0.15, 0.2) is 17.3 Å². The highest BCUT2D eigenvalue weighted by Crippen LogP contribution is 2.43. The van der Waals surface area contributed by atoms with Crippen LogP contribution in [0.15, 0.2) is 71.5 Å². The molecule has 1 N–H and O–H groups in total. The second-order valence-corrected chi connectivity index (χ2v) is 8.97. The number of allylic oxidation sites excluding steroid dienone is 1. The minimum atomic E-state index is -1.01. The van der Waals surface area contributed by atoms with Gasteiger partial charge < -0.3 is 14.5 Å². The van der Waals surface area contributed by atoms with Crippen LogP contribution in [0.2, 0.25) is 0 Å². The first kappa shape index (κ1) is 24.4. The number of benzene rings is 3. The summed E-state index contributed by atoms with van der Waals surface area (Å²) >= 11 is 0. The summed E-state index contributed by atoms with van der Waals surface area (Å²) in [5.41, 5.74) is -0.407. The van der Waals surface area contributed by atoms with Crippen molar-refractivity contribution in [2.75, 3.05) is 0 Å². The van der Waals surface area contributed by atoms with Crippen molar-refractivity contribution in [2.45, 2.75) is 19.6 Å². The first-order valence-electron chi connectivity index (χ1n) is 11.4. The van der Waals surface area contributed by atoms with Crippen LogP contribution in [-0.2, 0) is 0 Å². The standard InChI is InChI=1S/C27H19N3O8/c1-27(2)37-22-12-16(20(30(35)36)14-23(22)38-27)8-11-21(31)25-24(15-6-4-3-5-7-15)18-13-17(29(33)34)9-10-19(18)28-26(25)32/h3-14H,1-2H3,(H,28,32)/b11-8+. The molecule has 190 valence electrons. The molecule has 0 bridgehead atoms. The quantitative estimate of drug-likeness (QED) is 0.155. The number of carbonyl (C=O) groups excluding carboxylic acids is 1. The molecular formula is C27H19N3O8. The largest absolute Gasteiger partial charge is 0.449 e. The first-order valence-corrected chi connectivity index (χ1v) is 11.4. The van der Waals surface area contributed by atoms with Gasteiger partial charge in [-0.25, -0.2) is 0 Å². The van der Waals surface area contributed by atoms with E-state index in [1.165, 1.54) is 36.4 Å². The highest BCUT2D eigenvalue weighted by molar-refractivity contribution is 6.15. The molecule has 0 unspecified atom stereocenters. The van der Waals surface area contributed by atoms with Crippen LogP contribution in [0, 0.1) is 20.2 Å². The van der Waals surface area contributed by atoms with Crippen LogP contribution < -0.4 is 15.0 Å². The minimum absolute atomic E-state index is 0.0671. The van der Waals surface area contributed by atoms with Crippen LogP contribution in [0.3, 0.4) is 0 Å². The van der Waals surface area contributed by atoms with Crippen molar-refractivity contribution in [2.24, 2.45) is 0 Å². The number of nitrogens with one attached hydrogen (secondary N) is 1. The second kappa shape index (κ2) is 8.96. The minimum Gasteiger partial charge on any atom is -0.449 e. The van der Waals surface area contributed by atoms with E-state index in [0.717, 1.165) is 6.08 Å². The van der Waals surface area contributed by atoms with Gasteiger partial charge in [-0.2, -0.15) is 0 Å². The predicted octanol–water partition coefficient (Wildman–Crippen LogP) is 5.41. The molecule has 11 heteroatoms. The Kier molecular flexibility index (Phi) is 5.75. The number of aromatic nitrogens is 1. The number of nitro benzene ring substituents is 2. The number of non-ortho nitro benzene ring substituents is 1. The molecule has 5 rings (SSSR count). The molecule has 0 atom stereocenters. The van der Waals surface area contributed by atoms with E-state index in [1.807, 2.05) is 0 Å². The molecule has 0 fully saturated rings. The number of nitrogens with zero attached hydrogens (tertiary/aromatic N) is 2. The molecule has 11 nitrogen and oxygen atoms in total. The molecule has 0 radical (unpaired) electrons. The van der Waals surface area contributed by atoms with Gasteiger partial charge in [0, 0.05) is 42.4 Å². The van der Waals surface area contributed by atoms with Crippen molar-refractivity contribution in [3.05, 3.63) is 108 Å². The number of fused-ring (bicyclic) bond motifs is 2. The van der Waals surface area contributed by atoms with E-state index in [0.29, 0.717) is 16.5 Å². The number of aromatic amines is 1. The summed E-state index contributed by atoms with van der Waals surface area (Å²) in [5.74, 6) is -1.29. The Balaban J connectivity index is 1.67. The Labute approximate surface area is 214 Å². The number of hydrogen-bond donors (Lipinski definition) is 1. The zero-order valence-corrected chi connectivity index (χ0v) is 20.1. The number of hydrogen-bond acceptors (Lipinski definition) is 8. The lowest BCUT2D eigenvalue weighted by molar-refractivity contribution is -0.385. The fourth-order valence-electron chi connectivity index (χ4n) is 4.35. The maximum Gasteiger partial charge on any atom is 0.280 e. The molecule has 0 aliphatic carbocycles. The summed E-state index contributed by atoms with van der Waals surface area (Å²) < 4.78 is 11.2. The van der Waals surface area contributed by atoms with Crippen LogP contribution in [0.4, 0.5) is 11.4 Å². The molecule has 0 amide bonds. The van der Waals surface area contributed by atoms with Gasteiger partial charge in [-0.3, -0.25) is 29.8 Å². The molecule has 0 saturated carbocycles. The lowest BCUT2D eigenvalue weighted by atomic mass is 9.93. The van der Waals surface area contributed by atoms with Gasteiger partial charge in [0.25, 0.3) is 16.9 Å². The normalized spacial score (nSPS) is 13.6. The van der Waals surface area contributed by atoms with Gasteiger partial charge in [-0.1, -0.05) is 30.3 Å². The lowest BCUT2D eigenvalue weighted by Crippen LogP contribution is -2.29. The van der Waals surface area contributed by atoms with Crippen molar-refractivity contribution >= 4 is 34.1 Å². The smallest absolute Gasteiger partial charge is 0.280 e. The third-order valence-corrected chi connectivity index (χ3v) is 5.93. The van der Waals surface area contributed by atoms with E-state index in [2.05, 4.69) is 4.98 Å². The fraction of sp³-hybridized carbons (Fsp3) is 0.111. The van der Waals surface area contributed by atoms with E-state index < -0.39 is 27.0 Å². The van der Waals surface area contributed by atoms with Gasteiger partial charge in [-0.05, 0) is 29.8 Å². The first-order chi connectivity index (χ1) is 18.0. The van der Waals surface area contributed by atoms with Gasteiger partial charge >= 0.3 is 0 Å². The number of carbonyl (C=O) groups is 1. The number of pyridine rings is 1. The van der Waals surface area contributed by atoms with Gasteiger partial charge in [0.05, 0.1) is 27.0 Å². The van der Waals surface area contributed by atoms with Crippen molar-refractivity contribution in [1.82, 2.24) is 4.98 Å². The number of ether oxygens (including phenoxy) is 2. The highest BCUT2D eigenvalue weighted by Gasteiger charge is 2.34. The number of H-pyrrole nitrogens is 1. The average Bonchev–Trinajstić information content (AvgIpc) is 3.18. The number of ketones is 1. The maximum atomic E-state index is 13.4. The van der Waals surface area contributed by atoms with Crippen molar-refractivity contribution in [1.29, 1.82) is 0 Å². The lowest BCUT2D eigenvalue weighted by Gasteiger charge is -2.16. The molecule has 1 aliphatic heterocycles. The van der Waals surface area contributed by atoms with Gasteiger partial charge in [0.1, 0.15) is 0 Å². The second-order valence-electron chi connectivity index (χ2n) is 8.97. The SMILES string of the molecule is CC1(C)Oc2cc(/C=C/C(=O)c3c(-c4ccccc4)c4cc([N+](=O)[O-])ccc4[nH]c3=O)c([N+](=O)[O-])cc2O1. The van der Waals surface area contributed by atoms with Crippen molar-refractivity contribution < 1.29 is 24.1 Å². The Bertz CT molecular complexity index is 1740. The summed E-state index contributed by atoms with van der Waals surface area (Å²) in [7, 11) is 0. The van der Waals surface area contributed by atoms with Gasteiger partial charge in [0.2, 0.25) is 5.79 Å². The third-order valence-electron chi connectivity index (χ3n) is 5.93. The number of rotatable bonds is 6. The summed E-state index contributed by atoms with van der Waals surface area (Å²) in [5, 5.41) is 23.4. The highest BCUT2D eigenvalue weighted by atomic mass is 16.7. The van der Waals surface area contributed by atoms with Gasteiger partial charge in [-0.15, -0.1) is 0 Å². The maximum absolute atomic E-state index is 13.4. The molecule has 1 aliphatic rings. The van der Waals surface area contributed by atoms with E-state index in [1.54, 1.807) is 44.2 Å². The topological polar surface area (TPSA) is 155 Å². The summed E-state index contributed by atoms with van der Waals surface area (Å²) in [4.78, 5) is 51.1. The molecule has 2 heterocycles. The van der Waals surface area contributed by atoms with Crippen LogP contribution in [0.5, 0.6) is 11.5 Å². The molecule has 0 saturated heterocycles. The van der Waals surface area contributed by atoms with Crippen molar-refractivity contribution in [3.8, 4) is 22.6 Å². The Morgan fingerprint density at radius 2 is 1.63 bits per heavy atom. The summed E-state index contributed by atoms with van der Waals surface area (Å²) in [6.07, 6.45) is 2.27. The summed E-state index contributed by atoms with van der Waals surface area (Å²) in [6.45, 7) is 3.30. The van der Waals surface area contributed by atoms with E-state index >= 15 is 0 Å². The third kappa shape index (κ3) is 4.37. The van der Waals surface area contributed by atoms with E-state index in [4.69, 9.17) is 9.47 Å². The monoisotopic (exact) mass is 513 g/mol. The van der Waals surface area contributed by atoms with Crippen LogP contribution in [0.25, 0.3) is 28.1 Å². The molecule has 0 spiro atoms. The summed E-state index contributed by atoms with van der Waals surface area (Å²) in [6, 6.07) is 15.1. The predicted molar refractivity (Wildman–Crippen MR) is 138 cm³/mol. The Hall–Kier alpha value is -5.32. The van der Waals surface area contributed by atoms with Crippen molar-refractivity contribution in [3.63, 3.8) is 0 Å². The molecular weight excluding hydrogens is 494 g/mol. The van der Waals surface area contributed by atoms with E-state index in [-0.39, 0.29) is 39.6 Å². The van der Waals surface area contributed by atoms with Crippen LogP contribution >= 0.6 is 0 Å².